The molecular weight excluding hydrogens is 454 g/mol. The highest BCUT2D eigenvalue weighted by molar-refractivity contribution is 5.85. The second kappa shape index (κ2) is 8.80. The second-order valence-corrected chi connectivity index (χ2v) is 7.57. The van der Waals surface area contributed by atoms with Crippen molar-refractivity contribution in [1.82, 2.24) is 24.4 Å². The Labute approximate surface area is 193 Å². The fourth-order valence-electron chi connectivity index (χ4n) is 4.02. The van der Waals surface area contributed by atoms with Crippen LogP contribution in [0.1, 0.15) is 12.5 Å². The van der Waals surface area contributed by atoms with E-state index in [0.29, 0.717) is 23.7 Å². The van der Waals surface area contributed by atoms with Crippen LogP contribution in [-0.2, 0) is 0 Å². The Morgan fingerprint density at radius 1 is 1.06 bits per heavy atom. The van der Waals surface area contributed by atoms with E-state index < -0.39 is 24.2 Å². The molecule has 0 amide bonds. The lowest BCUT2D eigenvalue weighted by atomic mass is 10.0. The standard InChI is InChI=1S/C22H20F2N6O2.ClH/c23-22(24)12-26-11-10-17(22)30-20-18(19(25)27-13-28-20)29(21(30)31)14-6-8-16(9-7-14)32-15-4-2-1-3-5-15;/h1-9,13,17,26H,10-12H2,(H2,25,27,28);1H/t17-;/m0./s1. The fourth-order valence-corrected chi connectivity index (χ4v) is 4.02. The van der Waals surface area contributed by atoms with Gasteiger partial charge in [-0.25, -0.2) is 23.5 Å². The molecule has 0 spiro atoms. The smallest absolute Gasteiger partial charge is 0.335 e. The van der Waals surface area contributed by atoms with Gasteiger partial charge in [-0.1, -0.05) is 18.2 Å². The molecular formula is C22H21ClF2N6O2. The zero-order chi connectivity index (χ0) is 22.3. The van der Waals surface area contributed by atoms with Crippen molar-refractivity contribution in [3.63, 3.8) is 0 Å². The number of anilines is 1. The molecule has 2 aromatic carbocycles. The topological polar surface area (TPSA) is 100.0 Å². The number of aromatic nitrogens is 4. The average Bonchev–Trinajstić information content (AvgIpc) is 3.08. The van der Waals surface area contributed by atoms with Crippen molar-refractivity contribution in [1.29, 1.82) is 0 Å². The van der Waals surface area contributed by atoms with Gasteiger partial charge in [0.05, 0.1) is 12.2 Å². The van der Waals surface area contributed by atoms with Crippen LogP contribution in [-0.4, -0.2) is 38.1 Å². The zero-order valence-electron chi connectivity index (χ0n) is 17.3. The third-order valence-electron chi connectivity index (χ3n) is 5.51. The van der Waals surface area contributed by atoms with E-state index in [1.54, 1.807) is 24.3 Å². The van der Waals surface area contributed by atoms with Gasteiger partial charge < -0.3 is 15.8 Å². The van der Waals surface area contributed by atoms with Gasteiger partial charge in [0, 0.05) is 0 Å². The third-order valence-corrected chi connectivity index (χ3v) is 5.51. The first-order chi connectivity index (χ1) is 15.5. The number of halogens is 3. The number of hydrogen-bond acceptors (Lipinski definition) is 6. The summed E-state index contributed by atoms with van der Waals surface area (Å²) < 4.78 is 37.5. The Hall–Kier alpha value is -3.50. The highest BCUT2D eigenvalue weighted by atomic mass is 35.5. The molecule has 172 valence electrons. The lowest BCUT2D eigenvalue weighted by Crippen LogP contribution is -2.49. The molecule has 0 saturated carbocycles. The monoisotopic (exact) mass is 474 g/mol. The van der Waals surface area contributed by atoms with Crippen molar-refractivity contribution in [2.75, 3.05) is 18.8 Å². The van der Waals surface area contributed by atoms with E-state index in [0.717, 1.165) is 4.57 Å². The number of ether oxygens (including phenoxy) is 1. The molecule has 1 aliphatic heterocycles. The van der Waals surface area contributed by atoms with E-state index in [-0.39, 0.29) is 35.8 Å². The van der Waals surface area contributed by atoms with Crippen LogP contribution in [0.15, 0.2) is 65.7 Å². The number of rotatable bonds is 4. The highest BCUT2D eigenvalue weighted by Crippen LogP contribution is 2.35. The number of nitrogens with zero attached hydrogens (tertiary/aromatic N) is 4. The number of alkyl halides is 2. The number of hydrogen-bond donors (Lipinski definition) is 2. The van der Waals surface area contributed by atoms with Crippen molar-refractivity contribution in [3.8, 4) is 17.2 Å². The molecule has 0 radical (unpaired) electrons. The van der Waals surface area contributed by atoms with Gasteiger partial charge in [-0.2, -0.15) is 0 Å². The number of imidazole rings is 1. The maximum atomic E-state index is 14.7. The summed E-state index contributed by atoms with van der Waals surface area (Å²) in [5.41, 5.74) is 6.14. The predicted molar refractivity (Wildman–Crippen MR) is 123 cm³/mol. The van der Waals surface area contributed by atoms with Crippen molar-refractivity contribution in [3.05, 3.63) is 71.4 Å². The maximum Gasteiger partial charge on any atom is 0.335 e. The van der Waals surface area contributed by atoms with Crippen LogP contribution >= 0.6 is 12.4 Å². The molecule has 0 unspecified atom stereocenters. The van der Waals surface area contributed by atoms with Crippen molar-refractivity contribution >= 4 is 29.4 Å². The number of nitrogens with two attached hydrogens (primary N) is 1. The van der Waals surface area contributed by atoms with E-state index >= 15 is 0 Å². The van der Waals surface area contributed by atoms with Crippen LogP contribution in [0.4, 0.5) is 14.6 Å². The molecule has 4 aromatic rings. The summed E-state index contributed by atoms with van der Waals surface area (Å²) in [7, 11) is 0. The molecule has 8 nitrogen and oxygen atoms in total. The quantitative estimate of drug-likeness (QED) is 0.469. The summed E-state index contributed by atoms with van der Waals surface area (Å²) in [4.78, 5) is 21.5. The van der Waals surface area contributed by atoms with E-state index in [1.807, 2.05) is 30.3 Å². The second-order valence-electron chi connectivity index (χ2n) is 7.57. The van der Waals surface area contributed by atoms with Gasteiger partial charge in [0.2, 0.25) is 0 Å². The summed E-state index contributed by atoms with van der Waals surface area (Å²) in [6.07, 6.45) is 1.26. The normalized spacial score (nSPS) is 17.5. The summed E-state index contributed by atoms with van der Waals surface area (Å²) in [5.74, 6) is -1.85. The minimum atomic E-state index is -3.12. The van der Waals surface area contributed by atoms with Crippen molar-refractivity contribution in [2.24, 2.45) is 0 Å². The molecule has 11 heteroatoms. The van der Waals surface area contributed by atoms with Gasteiger partial charge in [0.25, 0.3) is 5.92 Å². The number of fused-ring (bicyclic) bond motifs is 1. The van der Waals surface area contributed by atoms with E-state index in [4.69, 9.17) is 10.5 Å². The Bertz CT molecular complexity index is 1320. The molecule has 1 fully saturated rings. The lowest BCUT2D eigenvalue weighted by Gasteiger charge is -2.32. The third kappa shape index (κ3) is 4.03. The van der Waals surface area contributed by atoms with Gasteiger partial charge >= 0.3 is 5.69 Å². The molecule has 1 atom stereocenters. The lowest BCUT2D eigenvalue weighted by molar-refractivity contribution is -0.0658. The summed E-state index contributed by atoms with van der Waals surface area (Å²) in [6, 6.07) is 14.6. The Balaban J connectivity index is 0.00000259. The van der Waals surface area contributed by atoms with E-state index in [1.165, 1.54) is 10.9 Å². The molecule has 0 bridgehead atoms. The molecule has 3 heterocycles. The molecule has 2 aromatic heterocycles. The first kappa shape index (κ1) is 22.7. The molecule has 1 aliphatic rings. The van der Waals surface area contributed by atoms with Gasteiger partial charge in [-0.05, 0) is 49.4 Å². The Kier molecular flexibility index (Phi) is 6.05. The SMILES string of the molecule is Cl.Nc1ncnc2c1n(-c1ccc(Oc3ccccc3)cc1)c(=O)n2[C@H]1CCNCC1(F)F. The Morgan fingerprint density at radius 2 is 1.76 bits per heavy atom. The van der Waals surface area contributed by atoms with E-state index in [9.17, 15) is 13.6 Å². The summed E-state index contributed by atoms with van der Waals surface area (Å²) in [5, 5.41) is 2.67. The molecule has 3 N–H and O–H groups in total. The van der Waals surface area contributed by atoms with Crippen LogP contribution in [0, 0.1) is 0 Å². The van der Waals surface area contributed by atoms with E-state index in [2.05, 4.69) is 15.3 Å². The van der Waals surface area contributed by atoms with Crippen molar-refractivity contribution < 1.29 is 13.5 Å². The fraction of sp³-hybridized carbons (Fsp3) is 0.227. The number of piperidine rings is 1. The molecule has 33 heavy (non-hydrogen) atoms. The van der Waals surface area contributed by atoms with Gasteiger partial charge in [0.1, 0.15) is 29.4 Å². The minimum Gasteiger partial charge on any atom is -0.457 e. The van der Waals surface area contributed by atoms with Crippen LogP contribution in [0.5, 0.6) is 11.5 Å². The minimum absolute atomic E-state index is 0. The number of para-hydroxylation sites is 1. The van der Waals surface area contributed by atoms with Crippen LogP contribution in [0.25, 0.3) is 16.9 Å². The highest BCUT2D eigenvalue weighted by Gasteiger charge is 2.45. The number of nitrogens with one attached hydrogen (secondary N) is 1. The average molecular weight is 475 g/mol. The molecule has 0 aliphatic carbocycles. The predicted octanol–water partition coefficient (Wildman–Crippen LogP) is 3.55. The Morgan fingerprint density at radius 3 is 2.45 bits per heavy atom. The van der Waals surface area contributed by atoms with Crippen LogP contribution < -0.4 is 21.5 Å². The number of benzene rings is 2. The zero-order valence-corrected chi connectivity index (χ0v) is 18.1. The summed E-state index contributed by atoms with van der Waals surface area (Å²) >= 11 is 0. The first-order valence-corrected chi connectivity index (χ1v) is 10.1. The van der Waals surface area contributed by atoms with Crippen molar-refractivity contribution in [2.45, 2.75) is 18.4 Å². The van der Waals surface area contributed by atoms with Gasteiger partial charge in [0.15, 0.2) is 11.5 Å². The molecule has 5 rings (SSSR count). The first-order valence-electron chi connectivity index (χ1n) is 10.1. The molecule has 1 saturated heterocycles. The maximum absolute atomic E-state index is 14.7. The van der Waals surface area contributed by atoms with Crippen LogP contribution in [0.3, 0.4) is 0 Å². The van der Waals surface area contributed by atoms with Crippen LogP contribution in [0.2, 0.25) is 0 Å². The largest absolute Gasteiger partial charge is 0.457 e. The summed E-state index contributed by atoms with van der Waals surface area (Å²) in [6.45, 7) is -0.145. The van der Waals surface area contributed by atoms with Gasteiger partial charge in [-0.3, -0.25) is 9.13 Å². The number of nitrogen functional groups attached to an aromatic ring is 1. The van der Waals surface area contributed by atoms with Gasteiger partial charge in [-0.15, -0.1) is 12.4 Å².